The minimum atomic E-state index is -0.307. The molecular weight excluding hydrogens is 461 g/mol. The van der Waals surface area contributed by atoms with Gasteiger partial charge in [0, 0.05) is 40.8 Å². The van der Waals surface area contributed by atoms with Gasteiger partial charge in [-0.15, -0.1) is 11.3 Å². The molecule has 1 N–H and O–H groups in total. The molecule has 0 aliphatic carbocycles. The number of allylic oxidation sites excluding steroid dienone is 1. The third kappa shape index (κ3) is 5.29. The van der Waals surface area contributed by atoms with Gasteiger partial charge in [-0.25, -0.2) is 14.2 Å². The van der Waals surface area contributed by atoms with Crippen molar-refractivity contribution in [3.63, 3.8) is 0 Å². The Bertz CT molecular complexity index is 900. The van der Waals surface area contributed by atoms with Gasteiger partial charge < -0.3 is 14.7 Å². The van der Waals surface area contributed by atoms with Gasteiger partial charge in [0.25, 0.3) is 0 Å². The van der Waals surface area contributed by atoms with Gasteiger partial charge >= 0.3 is 5.97 Å². The van der Waals surface area contributed by atoms with E-state index in [9.17, 15) is 14.3 Å². The summed E-state index contributed by atoms with van der Waals surface area (Å²) >= 11 is 4.64. The van der Waals surface area contributed by atoms with Gasteiger partial charge in [0.05, 0.1) is 18.7 Å². The number of fused-ring (bicyclic) bond motifs is 1. The zero-order chi connectivity index (χ0) is 20.8. The summed E-state index contributed by atoms with van der Waals surface area (Å²) in [6.45, 7) is 3.22. The highest BCUT2D eigenvalue weighted by Gasteiger charge is 2.37. The average molecular weight is 482 g/mol. The fourth-order valence-electron chi connectivity index (χ4n) is 3.15. The van der Waals surface area contributed by atoms with Crippen LogP contribution in [0, 0.1) is 11.7 Å². The molecule has 1 fully saturated rings. The maximum absolute atomic E-state index is 12.1. The van der Waals surface area contributed by atoms with Gasteiger partial charge in [-0.2, -0.15) is 0 Å². The summed E-state index contributed by atoms with van der Waals surface area (Å²) in [6, 6.07) is 6.26. The van der Waals surface area contributed by atoms with Crippen molar-refractivity contribution in [2.75, 3.05) is 26.3 Å². The van der Waals surface area contributed by atoms with Crippen molar-refractivity contribution in [3.05, 3.63) is 62.4 Å². The van der Waals surface area contributed by atoms with Crippen LogP contribution in [0.4, 0.5) is 4.39 Å². The number of nitrogens with zero attached hydrogens (tertiary/aromatic N) is 3. The van der Waals surface area contributed by atoms with Crippen LogP contribution in [0.2, 0.25) is 0 Å². The molecule has 29 heavy (non-hydrogen) atoms. The molecule has 1 aromatic heterocycles. The van der Waals surface area contributed by atoms with Crippen LogP contribution in [0.1, 0.15) is 18.4 Å². The molecule has 9 heteroatoms. The maximum Gasteiger partial charge on any atom is 0.337 e. The van der Waals surface area contributed by atoms with E-state index in [1.54, 1.807) is 25.3 Å². The molecule has 1 saturated heterocycles. The van der Waals surface area contributed by atoms with Crippen LogP contribution in [-0.4, -0.2) is 53.1 Å². The maximum atomic E-state index is 12.1. The number of aliphatic imine (C=N–C) groups is 1. The molecule has 1 unspecified atom stereocenters. The number of hydrogen-bond acceptors (Lipinski definition) is 7. The Hall–Kier alpha value is -2.10. The first-order valence-electron chi connectivity index (χ1n) is 9.16. The first kappa shape index (κ1) is 21.6. The molecule has 1 aromatic carbocycles. The fraction of sp³-hybridized carbons (Fsp3) is 0.350. The van der Waals surface area contributed by atoms with Crippen molar-refractivity contribution >= 4 is 39.1 Å². The first-order chi connectivity index (χ1) is 14.0. The average Bonchev–Trinajstić information content (AvgIpc) is 3.37. The zero-order valence-corrected chi connectivity index (χ0v) is 18.2. The van der Waals surface area contributed by atoms with E-state index in [1.807, 2.05) is 10.3 Å². The smallest absolute Gasteiger partial charge is 0.337 e. The lowest BCUT2D eigenvalue weighted by molar-refractivity contribution is -0.138. The third-order valence-electron chi connectivity index (χ3n) is 4.43. The molecule has 0 amide bonds. The van der Waals surface area contributed by atoms with Crippen LogP contribution in [-0.2, 0) is 9.53 Å². The number of ether oxygens (including phenoxy) is 1. The number of aromatic nitrogens is 1. The van der Waals surface area contributed by atoms with E-state index in [-0.39, 0.29) is 24.3 Å². The van der Waals surface area contributed by atoms with Gasteiger partial charge in [-0.3, -0.25) is 4.99 Å². The standard InChI is InChI=1S/C14H17N3O3S.C6H4BrF/c1-2-20-14(19)10-6-16-12(13-15-3-4-21-13)17-7-9(8-18)5-11(10)17;7-5-2-1-3-6(8)4-5/h3-4,9,18H,2,5-8H2,1H3;1-4H. The molecule has 2 aliphatic rings. The zero-order valence-electron chi connectivity index (χ0n) is 15.8. The van der Waals surface area contributed by atoms with Crippen LogP contribution >= 0.6 is 27.3 Å². The number of benzene rings is 1. The lowest BCUT2D eigenvalue weighted by Crippen LogP contribution is -2.34. The number of aliphatic hydroxyl groups excluding tert-OH is 1. The molecule has 2 aromatic rings. The van der Waals surface area contributed by atoms with Gasteiger partial charge in [-0.1, -0.05) is 22.0 Å². The number of aliphatic hydroxyl groups is 1. The van der Waals surface area contributed by atoms with Crippen molar-refractivity contribution in [2.45, 2.75) is 13.3 Å². The number of carbonyl (C=O) groups is 1. The quantitative estimate of drug-likeness (QED) is 0.674. The number of amidine groups is 1. The van der Waals surface area contributed by atoms with E-state index in [0.29, 0.717) is 31.7 Å². The minimum Gasteiger partial charge on any atom is -0.463 e. The number of thiazole rings is 1. The van der Waals surface area contributed by atoms with Crippen molar-refractivity contribution in [2.24, 2.45) is 10.9 Å². The molecule has 3 heterocycles. The number of carbonyl (C=O) groups excluding carboxylic acids is 1. The Labute approximate surface area is 180 Å². The molecule has 2 aliphatic heterocycles. The second-order valence-electron chi connectivity index (χ2n) is 6.43. The first-order valence-corrected chi connectivity index (χ1v) is 10.8. The largest absolute Gasteiger partial charge is 0.463 e. The summed E-state index contributed by atoms with van der Waals surface area (Å²) in [5, 5.41) is 12.2. The molecule has 1 atom stereocenters. The molecule has 0 bridgehead atoms. The highest BCUT2D eigenvalue weighted by atomic mass is 79.9. The summed E-state index contributed by atoms with van der Waals surface area (Å²) in [7, 11) is 0. The molecule has 4 rings (SSSR count). The number of rotatable bonds is 4. The van der Waals surface area contributed by atoms with Gasteiger partial charge in [0.2, 0.25) is 0 Å². The lowest BCUT2D eigenvalue weighted by atomic mass is 10.1. The predicted molar refractivity (Wildman–Crippen MR) is 113 cm³/mol. The van der Waals surface area contributed by atoms with Crippen LogP contribution in [0.5, 0.6) is 0 Å². The Balaban J connectivity index is 0.000000252. The summed E-state index contributed by atoms with van der Waals surface area (Å²) in [5.41, 5.74) is 1.53. The summed E-state index contributed by atoms with van der Waals surface area (Å²) in [5.74, 6) is 0.397. The van der Waals surface area contributed by atoms with E-state index < -0.39 is 0 Å². The van der Waals surface area contributed by atoms with Gasteiger partial charge in [0.15, 0.2) is 10.8 Å². The van der Waals surface area contributed by atoms with E-state index in [1.165, 1.54) is 23.5 Å². The highest BCUT2D eigenvalue weighted by Crippen LogP contribution is 2.34. The number of halogens is 2. The van der Waals surface area contributed by atoms with Crippen molar-refractivity contribution in [1.29, 1.82) is 0 Å². The van der Waals surface area contributed by atoms with Crippen molar-refractivity contribution < 1.29 is 19.0 Å². The Morgan fingerprint density at radius 3 is 2.90 bits per heavy atom. The van der Waals surface area contributed by atoms with E-state index in [4.69, 9.17) is 4.74 Å². The SMILES string of the molecule is CCOC(=O)C1=C2CC(CO)CN2C(c2nccs2)=NC1.Fc1cccc(Br)c1. The molecular formula is C20H21BrFN3O3S. The molecule has 0 radical (unpaired) electrons. The lowest BCUT2D eigenvalue weighted by Gasteiger charge is -2.26. The van der Waals surface area contributed by atoms with Crippen LogP contribution in [0.25, 0.3) is 0 Å². The minimum absolute atomic E-state index is 0.0985. The Morgan fingerprint density at radius 2 is 2.31 bits per heavy atom. The normalized spacial score (nSPS) is 18.0. The second-order valence-corrected chi connectivity index (χ2v) is 8.24. The predicted octanol–water partition coefficient (Wildman–Crippen LogP) is 3.62. The van der Waals surface area contributed by atoms with Crippen LogP contribution < -0.4 is 0 Å². The van der Waals surface area contributed by atoms with E-state index in [0.717, 1.165) is 21.0 Å². The highest BCUT2D eigenvalue weighted by molar-refractivity contribution is 9.10. The molecule has 0 saturated carbocycles. The molecule has 0 spiro atoms. The van der Waals surface area contributed by atoms with Crippen LogP contribution in [0.3, 0.4) is 0 Å². The number of esters is 1. The van der Waals surface area contributed by atoms with Gasteiger partial charge in [0.1, 0.15) is 5.82 Å². The molecule has 154 valence electrons. The summed E-state index contributed by atoms with van der Waals surface area (Å²) in [6.07, 6.45) is 2.42. The van der Waals surface area contributed by atoms with E-state index in [2.05, 4.69) is 25.9 Å². The second kappa shape index (κ2) is 10.1. The Morgan fingerprint density at radius 1 is 1.48 bits per heavy atom. The third-order valence-corrected chi connectivity index (χ3v) is 5.69. The molecule has 6 nitrogen and oxygen atoms in total. The van der Waals surface area contributed by atoms with Crippen LogP contribution in [0.15, 0.2) is 56.6 Å². The monoisotopic (exact) mass is 481 g/mol. The summed E-state index contributed by atoms with van der Waals surface area (Å²) in [4.78, 5) is 22.9. The summed E-state index contributed by atoms with van der Waals surface area (Å²) < 4.78 is 18.0. The van der Waals surface area contributed by atoms with Crippen molar-refractivity contribution in [1.82, 2.24) is 9.88 Å². The van der Waals surface area contributed by atoms with E-state index >= 15 is 0 Å². The van der Waals surface area contributed by atoms with Crippen molar-refractivity contribution in [3.8, 4) is 0 Å². The van der Waals surface area contributed by atoms with Gasteiger partial charge in [-0.05, 0) is 31.5 Å². The Kier molecular flexibility index (Phi) is 7.51. The number of hydrogen-bond donors (Lipinski definition) is 1. The fourth-order valence-corrected chi connectivity index (χ4v) is 4.17. The topological polar surface area (TPSA) is 75.0 Å².